The van der Waals surface area contributed by atoms with Gasteiger partial charge in [-0.15, -0.1) is 0 Å². The van der Waals surface area contributed by atoms with Gasteiger partial charge in [-0.3, -0.25) is 4.79 Å². The third-order valence-electron chi connectivity index (χ3n) is 3.69. The van der Waals surface area contributed by atoms with Crippen molar-refractivity contribution in [1.82, 2.24) is 19.9 Å². The molecule has 0 saturated carbocycles. The predicted octanol–water partition coefficient (Wildman–Crippen LogP) is -0.0493. The molecule has 0 saturated heterocycles. The fraction of sp³-hybridized carbons (Fsp3) is 0.235. The Balaban J connectivity index is 1.96. The third kappa shape index (κ3) is 4.18. The number of aromatic amines is 1. The molecule has 140 valence electrons. The largest absolute Gasteiger partial charge is 0.471 e. The van der Waals surface area contributed by atoms with E-state index >= 15 is 0 Å². The monoisotopic (exact) mass is 371 g/mol. The van der Waals surface area contributed by atoms with E-state index in [0.717, 1.165) is 12.7 Å². The Morgan fingerprint density at radius 3 is 2.70 bits per heavy atom. The van der Waals surface area contributed by atoms with Gasteiger partial charge in [-0.1, -0.05) is 30.3 Å². The Kier molecular flexibility index (Phi) is 5.27. The van der Waals surface area contributed by atoms with Crippen LogP contribution in [0.1, 0.15) is 11.3 Å². The number of hydrogen-bond donors (Lipinski definition) is 3. The van der Waals surface area contributed by atoms with E-state index in [-0.39, 0.29) is 41.7 Å². The van der Waals surface area contributed by atoms with Gasteiger partial charge >= 0.3 is 5.97 Å². The minimum Gasteiger partial charge on any atom is -0.471 e. The van der Waals surface area contributed by atoms with E-state index in [4.69, 9.17) is 10.5 Å². The maximum absolute atomic E-state index is 12.2. The summed E-state index contributed by atoms with van der Waals surface area (Å²) in [6, 6.07) is 9.37. The van der Waals surface area contributed by atoms with E-state index in [0.29, 0.717) is 0 Å². The van der Waals surface area contributed by atoms with Crippen molar-refractivity contribution in [1.29, 1.82) is 0 Å². The van der Waals surface area contributed by atoms with Crippen LogP contribution in [0.15, 0.2) is 35.1 Å². The van der Waals surface area contributed by atoms with E-state index in [9.17, 15) is 14.7 Å². The number of nitrogens with zero attached hydrogens (tertiary/aromatic N) is 3. The molecule has 2 aromatic heterocycles. The Bertz CT molecular complexity index is 1020. The molecule has 0 radical (unpaired) electrons. The van der Waals surface area contributed by atoms with E-state index in [2.05, 4.69) is 24.7 Å². The highest BCUT2D eigenvalue weighted by Gasteiger charge is 2.20. The number of aliphatic hydroxyl groups is 1. The van der Waals surface area contributed by atoms with Gasteiger partial charge in [-0.2, -0.15) is 9.97 Å². The Morgan fingerprint density at radius 1 is 1.26 bits per heavy atom. The van der Waals surface area contributed by atoms with Crippen LogP contribution in [0.4, 0.5) is 5.95 Å². The highest BCUT2D eigenvalue weighted by molar-refractivity contribution is 5.77. The van der Waals surface area contributed by atoms with Gasteiger partial charge in [0.1, 0.15) is 12.3 Å². The maximum atomic E-state index is 12.2. The summed E-state index contributed by atoms with van der Waals surface area (Å²) in [5.74, 6) is -0.887. The number of nitrogen functional groups attached to an aromatic ring is 1. The number of anilines is 1. The fourth-order valence-corrected chi connectivity index (χ4v) is 2.37. The van der Waals surface area contributed by atoms with Crippen LogP contribution in [0.25, 0.3) is 11.2 Å². The molecule has 0 amide bonds. The van der Waals surface area contributed by atoms with Crippen LogP contribution in [0.2, 0.25) is 0 Å². The number of carbonyl (C=O) groups is 1. The molecule has 1 atom stereocenters. The average molecular weight is 371 g/mol. The summed E-state index contributed by atoms with van der Waals surface area (Å²) >= 11 is 0. The lowest BCUT2D eigenvalue weighted by Crippen LogP contribution is -2.28. The van der Waals surface area contributed by atoms with Crippen molar-refractivity contribution in [3.05, 3.63) is 51.9 Å². The Morgan fingerprint density at radius 2 is 2.00 bits per heavy atom. The number of fused-ring (bicyclic) bond motifs is 1. The summed E-state index contributed by atoms with van der Waals surface area (Å²) < 4.78 is 10.1. The number of nitrogens with one attached hydrogen (secondary N) is 1. The van der Waals surface area contributed by atoms with Gasteiger partial charge in [0.05, 0.1) is 7.11 Å². The molecule has 2 heterocycles. The SMILES string of the molecule is COC(=O)C(O)Cc1nc2c(OCc3ccccc3)nc(N)nc2[nH]c1=O. The van der Waals surface area contributed by atoms with E-state index in [1.807, 2.05) is 30.3 Å². The molecule has 0 aliphatic carbocycles. The number of aromatic nitrogens is 4. The normalized spacial score (nSPS) is 11.9. The second-order valence-corrected chi connectivity index (χ2v) is 5.61. The molecular formula is C17H17N5O5. The smallest absolute Gasteiger partial charge is 0.335 e. The van der Waals surface area contributed by atoms with E-state index in [1.54, 1.807) is 0 Å². The number of hydrogen-bond acceptors (Lipinski definition) is 9. The Labute approximate surface area is 153 Å². The van der Waals surface area contributed by atoms with Crippen molar-refractivity contribution < 1.29 is 19.4 Å². The van der Waals surface area contributed by atoms with Crippen LogP contribution in [-0.4, -0.2) is 44.2 Å². The first kappa shape index (κ1) is 18.3. The summed E-state index contributed by atoms with van der Waals surface area (Å²) in [7, 11) is 1.13. The standard InChI is InChI=1S/C17H17N5O5/c1-26-16(25)11(23)7-10-14(24)20-13-12(19-10)15(22-17(18)21-13)27-8-9-5-3-2-4-6-9/h2-6,11,23H,7-8H2,1H3,(H3,18,20,21,22,24). The second kappa shape index (κ2) is 7.79. The first-order valence-corrected chi connectivity index (χ1v) is 7.97. The van der Waals surface area contributed by atoms with Crippen LogP contribution in [0.5, 0.6) is 5.88 Å². The number of methoxy groups -OCH3 is 1. The summed E-state index contributed by atoms with van der Waals surface area (Å²) in [6.07, 6.45) is -1.86. The molecule has 4 N–H and O–H groups in total. The molecule has 0 spiro atoms. The predicted molar refractivity (Wildman–Crippen MR) is 94.9 cm³/mol. The zero-order chi connectivity index (χ0) is 19.4. The quantitative estimate of drug-likeness (QED) is 0.506. The summed E-state index contributed by atoms with van der Waals surface area (Å²) in [6.45, 7) is 0.202. The first-order chi connectivity index (χ1) is 13.0. The number of nitrogens with two attached hydrogens (primary N) is 1. The van der Waals surface area contributed by atoms with E-state index in [1.165, 1.54) is 0 Å². The van der Waals surface area contributed by atoms with Gasteiger partial charge in [0.2, 0.25) is 11.8 Å². The van der Waals surface area contributed by atoms with Gasteiger partial charge < -0.3 is 25.3 Å². The third-order valence-corrected chi connectivity index (χ3v) is 3.69. The summed E-state index contributed by atoms with van der Waals surface area (Å²) in [5.41, 5.74) is 6.11. The Hall–Kier alpha value is -3.53. The molecule has 3 aromatic rings. The van der Waals surface area contributed by atoms with Crippen LogP contribution >= 0.6 is 0 Å². The van der Waals surface area contributed by atoms with Crippen molar-refractivity contribution >= 4 is 23.1 Å². The van der Waals surface area contributed by atoms with Crippen molar-refractivity contribution in [2.24, 2.45) is 0 Å². The molecule has 1 aromatic carbocycles. The van der Waals surface area contributed by atoms with Crippen LogP contribution < -0.4 is 16.0 Å². The minimum absolute atomic E-state index is 0.0754. The molecule has 10 heteroatoms. The highest BCUT2D eigenvalue weighted by atomic mass is 16.5. The fourth-order valence-electron chi connectivity index (χ4n) is 2.37. The van der Waals surface area contributed by atoms with Crippen LogP contribution in [-0.2, 0) is 22.6 Å². The number of esters is 1. The number of benzene rings is 1. The number of ether oxygens (including phenoxy) is 2. The zero-order valence-corrected chi connectivity index (χ0v) is 14.4. The lowest BCUT2D eigenvalue weighted by atomic mass is 10.2. The van der Waals surface area contributed by atoms with Gasteiger partial charge in [0, 0.05) is 6.42 Å². The summed E-state index contributed by atoms with van der Waals surface area (Å²) in [4.78, 5) is 38.2. The van der Waals surface area contributed by atoms with Crippen LogP contribution in [0, 0.1) is 0 Å². The number of carbonyl (C=O) groups excluding carboxylic acids is 1. The lowest BCUT2D eigenvalue weighted by Gasteiger charge is -2.10. The number of aliphatic hydroxyl groups excluding tert-OH is 1. The second-order valence-electron chi connectivity index (χ2n) is 5.61. The van der Waals surface area contributed by atoms with Crippen molar-refractivity contribution in [3.8, 4) is 5.88 Å². The number of H-pyrrole nitrogens is 1. The molecule has 27 heavy (non-hydrogen) atoms. The van der Waals surface area contributed by atoms with Crippen LogP contribution in [0.3, 0.4) is 0 Å². The molecule has 0 aliphatic rings. The molecule has 0 bridgehead atoms. The van der Waals surface area contributed by atoms with Crippen molar-refractivity contribution in [3.63, 3.8) is 0 Å². The zero-order valence-electron chi connectivity index (χ0n) is 14.4. The topological polar surface area (TPSA) is 153 Å². The first-order valence-electron chi connectivity index (χ1n) is 7.97. The highest BCUT2D eigenvalue weighted by Crippen LogP contribution is 2.20. The van der Waals surface area contributed by atoms with Crippen molar-refractivity contribution in [2.75, 3.05) is 12.8 Å². The molecule has 1 unspecified atom stereocenters. The number of rotatable bonds is 6. The minimum atomic E-state index is -1.52. The lowest BCUT2D eigenvalue weighted by molar-refractivity contribution is -0.150. The average Bonchev–Trinajstić information content (AvgIpc) is 2.67. The molecule has 0 fully saturated rings. The molecule has 3 rings (SSSR count). The summed E-state index contributed by atoms with van der Waals surface area (Å²) in [5, 5.41) is 9.78. The van der Waals surface area contributed by atoms with Gasteiger partial charge in [-0.25, -0.2) is 9.78 Å². The van der Waals surface area contributed by atoms with Gasteiger partial charge in [0.25, 0.3) is 5.56 Å². The maximum Gasteiger partial charge on any atom is 0.335 e. The molecular weight excluding hydrogens is 354 g/mol. The van der Waals surface area contributed by atoms with Gasteiger partial charge in [-0.05, 0) is 5.56 Å². The molecule has 10 nitrogen and oxygen atoms in total. The van der Waals surface area contributed by atoms with Crippen molar-refractivity contribution in [2.45, 2.75) is 19.1 Å². The van der Waals surface area contributed by atoms with E-state index < -0.39 is 17.6 Å². The molecule has 0 aliphatic heterocycles. The van der Waals surface area contributed by atoms with Gasteiger partial charge in [0.15, 0.2) is 17.3 Å².